The van der Waals surface area contributed by atoms with E-state index in [1.807, 2.05) is 11.5 Å². The van der Waals surface area contributed by atoms with E-state index in [4.69, 9.17) is 28.5 Å². The molecule has 0 amide bonds. The Hall–Kier alpha value is -2.85. The number of alkyl halides is 3. The zero-order valence-corrected chi connectivity index (χ0v) is 16.5. The zero-order valence-electron chi connectivity index (χ0n) is 14.1. The van der Waals surface area contributed by atoms with Gasteiger partial charge in [-0.15, -0.1) is 0 Å². The van der Waals surface area contributed by atoms with Crippen molar-refractivity contribution in [3.63, 3.8) is 0 Å². The van der Waals surface area contributed by atoms with Crippen molar-refractivity contribution in [2.75, 3.05) is 5.32 Å². The summed E-state index contributed by atoms with van der Waals surface area (Å²) in [7, 11) is 0. The van der Waals surface area contributed by atoms with E-state index in [9.17, 15) is 18.4 Å². The monoisotopic (exact) mass is 453 g/mol. The molecule has 1 N–H and O–H groups in total. The Balaban J connectivity index is 2.18. The van der Waals surface area contributed by atoms with E-state index in [1.54, 1.807) is 30.3 Å². The maximum atomic E-state index is 13.0. The number of para-hydroxylation sites is 1. The maximum absolute atomic E-state index is 13.0. The molecule has 0 fully saturated rings. The van der Waals surface area contributed by atoms with E-state index >= 15 is 0 Å². The molecule has 0 aliphatic carbocycles. The number of nitrogens with zero attached hydrogens (tertiary/aromatic N) is 4. The van der Waals surface area contributed by atoms with Crippen molar-refractivity contribution >= 4 is 46.5 Å². The van der Waals surface area contributed by atoms with Crippen molar-refractivity contribution in [2.45, 2.75) is 11.1 Å². The van der Waals surface area contributed by atoms with Gasteiger partial charge in [-0.3, -0.25) is 0 Å². The minimum absolute atomic E-state index is 0.0114. The van der Waals surface area contributed by atoms with Crippen LogP contribution in [-0.2, 0) is 6.18 Å². The smallest absolute Gasteiger partial charge is 0.337 e. The molecule has 0 aliphatic rings. The molecule has 11 heteroatoms. The van der Waals surface area contributed by atoms with Gasteiger partial charge in [0.25, 0.3) is 0 Å². The predicted molar refractivity (Wildman–Crippen MR) is 104 cm³/mol. The van der Waals surface area contributed by atoms with Crippen LogP contribution in [0.3, 0.4) is 0 Å². The molecular weight excluding hydrogens is 446 g/mol. The molecule has 2 aromatic carbocycles. The Morgan fingerprint density at radius 3 is 2.21 bits per heavy atom. The normalized spacial score (nSPS) is 11.0. The van der Waals surface area contributed by atoms with E-state index < -0.39 is 11.7 Å². The van der Waals surface area contributed by atoms with Crippen LogP contribution in [0.5, 0.6) is 0 Å². The molecule has 29 heavy (non-hydrogen) atoms. The number of rotatable bonds is 4. The molecule has 0 saturated carbocycles. The van der Waals surface area contributed by atoms with Crippen LogP contribution in [0.1, 0.15) is 11.3 Å². The highest BCUT2D eigenvalue weighted by Crippen LogP contribution is 2.42. The van der Waals surface area contributed by atoms with E-state index in [2.05, 4.69) is 10.4 Å². The SMILES string of the molecule is N#CSc1c(C#N)nn(-c2ccccc2)c1Nc1c(Cl)cc(C(F)(F)F)cc1Cl. The van der Waals surface area contributed by atoms with Crippen LogP contribution in [0.15, 0.2) is 47.4 Å². The second-order valence-corrected chi connectivity index (χ2v) is 7.13. The summed E-state index contributed by atoms with van der Waals surface area (Å²) < 4.78 is 40.3. The van der Waals surface area contributed by atoms with Crippen LogP contribution in [0.4, 0.5) is 24.7 Å². The summed E-state index contributed by atoms with van der Waals surface area (Å²) in [6.45, 7) is 0. The average molecular weight is 454 g/mol. The quantitative estimate of drug-likeness (QED) is 0.365. The fourth-order valence-corrected chi connectivity index (χ4v) is 3.55. The lowest BCUT2D eigenvalue weighted by molar-refractivity contribution is -0.137. The number of anilines is 2. The molecule has 3 aromatic rings. The van der Waals surface area contributed by atoms with E-state index in [-0.39, 0.29) is 32.1 Å². The van der Waals surface area contributed by atoms with Crippen LogP contribution in [0, 0.1) is 22.0 Å². The van der Waals surface area contributed by atoms with Crippen molar-refractivity contribution in [1.82, 2.24) is 9.78 Å². The second-order valence-electron chi connectivity index (χ2n) is 5.52. The van der Waals surface area contributed by atoms with E-state index in [0.29, 0.717) is 17.4 Å². The standard InChI is InChI=1S/C18H8Cl2F3N5S/c19-12-6-10(18(21,22)23)7-13(20)15(12)26-17-16(29-9-25)14(8-24)27-28(17)11-4-2-1-3-5-11/h1-7,26H. The minimum Gasteiger partial charge on any atom is -0.337 e. The molecule has 0 radical (unpaired) electrons. The first-order chi connectivity index (χ1) is 13.8. The van der Waals surface area contributed by atoms with Crippen molar-refractivity contribution in [2.24, 2.45) is 0 Å². The molecule has 0 atom stereocenters. The Morgan fingerprint density at radius 1 is 1.07 bits per heavy atom. The Labute approximate surface area is 177 Å². The highest BCUT2D eigenvalue weighted by atomic mass is 35.5. The highest BCUT2D eigenvalue weighted by Gasteiger charge is 2.32. The Bertz CT molecular complexity index is 1120. The molecule has 0 spiro atoms. The summed E-state index contributed by atoms with van der Waals surface area (Å²) in [4.78, 5) is 0.186. The Kier molecular flexibility index (Phi) is 5.94. The lowest BCUT2D eigenvalue weighted by atomic mass is 10.2. The number of nitriles is 2. The van der Waals surface area contributed by atoms with Gasteiger partial charge in [-0.2, -0.15) is 28.8 Å². The van der Waals surface area contributed by atoms with Gasteiger partial charge in [0, 0.05) is 0 Å². The van der Waals surface area contributed by atoms with Gasteiger partial charge in [-0.1, -0.05) is 41.4 Å². The van der Waals surface area contributed by atoms with Crippen molar-refractivity contribution < 1.29 is 13.2 Å². The van der Waals surface area contributed by atoms with Gasteiger partial charge >= 0.3 is 6.18 Å². The zero-order chi connectivity index (χ0) is 21.2. The number of thiocyanates is 1. The van der Waals surface area contributed by atoms with Crippen LogP contribution in [0.2, 0.25) is 10.0 Å². The third-order valence-electron chi connectivity index (χ3n) is 3.71. The number of halogens is 5. The second kappa shape index (κ2) is 8.26. The summed E-state index contributed by atoms with van der Waals surface area (Å²) in [6, 6.07) is 12.0. The van der Waals surface area contributed by atoms with Crippen LogP contribution in [-0.4, -0.2) is 9.78 Å². The maximum Gasteiger partial charge on any atom is 0.416 e. The number of aromatic nitrogens is 2. The number of thioether (sulfide) groups is 1. The summed E-state index contributed by atoms with van der Waals surface area (Å²) in [5.41, 5.74) is -0.501. The highest BCUT2D eigenvalue weighted by molar-refractivity contribution is 8.04. The third-order valence-corrected chi connectivity index (χ3v) is 4.99. The summed E-state index contributed by atoms with van der Waals surface area (Å²) >= 11 is 12.8. The van der Waals surface area contributed by atoms with Gasteiger partial charge in [0.05, 0.1) is 27.0 Å². The van der Waals surface area contributed by atoms with Gasteiger partial charge in [0.2, 0.25) is 0 Å². The molecule has 0 unspecified atom stereocenters. The first kappa shape index (κ1) is 20.9. The topological polar surface area (TPSA) is 77.4 Å². The molecular formula is C18H8Cl2F3N5S. The van der Waals surface area contributed by atoms with Crippen LogP contribution in [0.25, 0.3) is 5.69 Å². The number of benzene rings is 2. The average Bonchev–Trinajstić information content (AvgIpc) is 3.02. The minimum atomic E-state index is -4.62. The largest absolute Gasteiger partial charge is 0.416 e. The fourth-order valence-electron chi connectivity index (χ4n) is 2.46. The molecule has 146 valence electrons. The van der Waals surface area contributed by atoms with E-state index in [0.717, 1.165) is 12.1 Å². The molecule has 5 nitrogen and oxygen atoms in total. The van der Waals surface area contributed by atoms with Crippen LogP contribution >= 0.6 is 35.0 Å². The third kappa shape index (κ3) is 4.28. The summed E-state index contributed by atoms with van der Waals surface area (Å²) in [5, 5.41) is 26.8. The number of hydrogen-bond donors (Lipinski definition) is 1. The molecule has 0 saturated heterocycles. The molecule has 3 rings (SSSR count). The lowest BCUT2D eigenvalue weighted by Crippen LogP contribution is -2.07. The van der Waals surface area contributed by atoms with Crippen molar-refractivity contribution in [3.8, 4) is 17.2 Å². The summed E-state index contributed by atoms with van der Waals surface area (Å²) in [6.07, 6.45) is -4.62. The number of nitrogens with one attached hydrogen (secondary N) is 1. The number of hydrogen-bond acceptors (Lipinski definition) is 5. The van der Waals surface area contributed by atoms with Gasteiger partial charge < -0.3 is 5.32 Å². The Morgan fingerprint density at radius 2 is 1.69 bits per heavy atom. The molecule has 0 aliphatic heterocycles. The molecule has 1 aromatic heterocycles. The van der Waals surface area contributed by atoms with Crippen molar-refractivity contribution in [1.29, 1.82) is 10.5 Å². The lowest BCUT2D eigenvalue weighted by Gasteiger charge is -2.15. The summed E-state index contributed by atoms with van der Waals surface area (Å²) in [5.74, 6) is 0.169. The van der Waals surface area contributed by atoms with Gasteiger partial charge in [0.1, 0.15) is 16.4 Å². The van der Waals surface area contributed by atoms with Crippen LogP contribution < -0.4 is 5.32 Å². The first-order valence-corrected chi connectivity index (χ1v) is 9.31. The van der Waals surface area contributed by atoms with Gasteiger partial charge in [-0.25, -0.2) is 4.68 Å². The van der Waals surface area contributed by atoms with E-state index in [1.165, 1.54) is 4.68 Å². The van der Waals surface area contributed by atoms with Gasteiger partial charge in [-0.05, 0) is 36.0 Å². The molecule has 0 bridgehead atoms. The first-order valence-electron chi connectivity index (χ1n) is 7.74. The molecule has 1 heterocycles. The van der Waals surface area contributed by atoms with Crippen molar-refractivity contribution in [3.05, 3.63) is 63.8 Å². The fraction of sp³-hybridized carbons (Fsp3) is 0.0556. The predicted octanol–water partition coefficient (Wildman–Crippen LogP) is 6.39. The van der Waals surface area contributed by atoms with Gasteiger partial charge in [0.15, 0.2) is 11.5 Å².